The molecular formula is C22H28N2O3. The van der Waals surface area contributed by atoms with Crippen LogP contribution in [0, 0.1) is 0 Å². The van der Waals surface area contributed by atoms with Gasteiger partial charge in [0.15, 0.2) is 5.78 Å². The van der Waals surface area contributed by atoms with Gasteiger partial charge in [-0.2, -0.15) is 0 Å². The SMILES string of the molecule is CCC(=O)c1cccc(-c2c(OCCN(CC)CC)cccc2C(N)=O)c1. The van der Waals surface area contributed by atoms with Crippen molar-refractivity contribution in [2.75, 3.05) is 26.2 Å². The minimum absolute atomic E-state index is 0.0532. The summed E-state index contributed by atoms with van der Waals surface area (Å²) in [6.45, 7) is 9.25. The summed E-state index contributed by atoms with van der Waals surface area (Å²) in [7, 11) is 0. The summed E-state index contributed by atoms with van der Waals surface area (Å²) in [5.41, 5.74) is 7.98. The molecule has 0 aliphatic rings. The lowest BCUT2D eigenvalue weighted by Gasteiger charge is -2.20. The van der Waals surface area contributed by atoms with Crippen LogP contribution in [0.3, 0.4) is 0 Å². The van der Waals surface area contributed by atoms with E-state index in [4.69, 9.17) is 10.5 Å². The highest BCUT2D eigenvalue weighted by atomic mass is 16.5. The second-order valence-corrected chi connectivity index (χ2v) is 6.28. The zero-order chi connectivity index (χ0) is 19.8. The van der Waals surface area contributed by atoms with E-state index >= 15 is 0 Å². The summed E-state index contributed by atoms with van der Waals surface area (Å²) in [6.07, 6.45) is 0.425. The molecular weight excluding hydrogens is 340 g/mol. The van der Waals surface area contributed by atoms with Gasteiger partial charge in [-0.1, -0.05) is 45.0 Å². The minimum Gasteiger partial charge on any atom is -0.492 e. The molecule has 0 bridgehead atoms. The lowest BCUT2D eigenvalue weighted by molar-refractivity contribution is 0.0984. The van der Waals surface area contributed by atoms with Crippen molar-refractivity contribution in [1.29, 1.82) is 0 Å². The van der Waals surface area contributed by atoms with Crippen molar-refractivity contribution >= 4 is 11.7 Å². The van der Waals surface area contributed by atoms with E-state index in [0.717, 1.165) is 25.2 Å². The summed E-state index contributed by atoms with van der Waals surface area (Å²) < 4.78 is 6.01. The van der Waals surface area contributed by atoms with Gasteiger partial charge in [-0.25, -0.2) is 0 Å². The summed E-state index contributed by atoms with van der Waals surface area (Å²) >= 11 is 0. The van der Waals surface area contributed by atoms with Crippen LogP contribution in [0.25, 0.3) is 11.1 Å². The molecule has 27 heavy (non-hydrogen) atoms. The number of ether oxygens (including phenoxy) is 1. The van der Waals surface area contributed by atoms with Gasteiger partial charge in [0.2, 0.25) is 5.91 Å². The fourth-order valence-corrected chi connectivity index (χ4v) is 3.03. The van der Waals surface area contributed by atoms with E-state index < -0.39 is 5.91 Å². The average Bonchev–Trinajstić information content (AvgIpc) is 2.70. The summed E-state index contributed by atoms with van der Waals surface area (Å²) in [5, 5.41) is 0. The smallest absolute Gasteiger partial charge is 0.249 e. The normalized spacial score (nSPS) is 10.8. The predicted molar refractivity (Wildman–Crippen MR) is 108 cm³/mol. The van der Waals surface area contributed by atoms with Gasteiger partial charge in [0.25, 0.3) is 0 Å². The lowest BCUT2D eigenvalue weighted by Crippen LogP contribution is -2.28. The minimum atomic E-state index is -0.522. The van der Waals surface area contributed by atoms with E-state index in [2.05, 4.69) is 18.7 Å². The Bertz CT molecular complexity index is 798. The van der Waals surface area contributed by atoms with Crippen molar-refractivity contribution < 1.29 is 14.3 Å². The Labute approximate surface area is 161 Å². The van der Waals surface area contributed by atoms with Crippen molar-refractivity contribution in [2.45, 2.75) is 27.2 Å². The Morgan fingerprint density at radius 3 is 2.37 bits per heavy atom. The molecule has 5 heteroatoms. The number of primary amides is 1. The largest absolute Gasteiger partial charge is 0.492 e. The molecule has 2 aromatic carbocycles. The molecule has 0 heterocycles. The fraction of sp³-hybridized carbons (Fsp3) is 0.364. The lowest BCUT2D eigenvalue weighted by atomic mass is 9.95. The number of Topliss-reactive ketones (excluding diaryl/α,β-unsaturated/α-hetero) is 1. The number of hydrogen-bond donors (Lipinski definition) is 1. The molecule has 0 fully saturated rings. The second kappa shape index (κ2) is 9.88. The van der Waals surface area contributed by atoms with Crippen LogP contribution >= 0.6 is 0 Å². The highest BCUT2D eigenvalue weighted by Gasteiger charge is 2.17. The van der Waals surface area contributed by atoms with Gasteiger partial charge in [-0.3, -0.25) is 9.59 Å². The number of hydrogen-bond acceptors (Lipinski definition) is 4. The molecule has 0 aromatic heterocycles. The maximum absolute atomic E-state index is 12.1. The average molecular weight is 368 g/mol. The molecule has 2 N–H and O–H groups in total. The molecule has 0 atom stereocenters. The first kappa shape index (κ1) is 20.6. The molecule has 0 aliphatic heterocycles. The molecule has 2 aromatic rings. The molecule has 144 valence electrons. The van der Waals surface area contributed by atoms with Crippen LogP contribution in [0.1, 0.15) is 47.9 Å². The van der Waals surface area contributed by atoms with Crippen LogP contribution in [0.2, 0.25) is 0 Å². The van der Waals surface area contributed by atoms with Crippen molar-refractivity contribution in [1.82, 2.24) is 4.90 Å². The number of nitrogens with zero attached hydrogens (tertiary/aromatic N) is 1. The number of rotatable bonds is 10. The van der Waals surface area contributed by atoms with Gasteiger partial charge in [0.05, 0.1) is 5.56 Å². The number of benzene rings is 2. The highest BCUT2D eigenvalue weighted by Crippen LogP contribution is 2.34. The fourth-order valence-electron chi connectivity index (χ4n) is 3.03. The third-order valence-electron chi connectivity index (χ3n) is 4.65. The predicted octanol–water partition coefficient (Wildman–Crippen LogP) is 3.77. The Morgan fingerprint density at radius 1 is 1.04 bits per heavy atom. The van der Waals surface area contributed by atoms with Crippen LogP contribution in [-0.2, 0) is 0 Å². The maximum Gasteiger partial charge on any atom is 0.249 e. The number of likely N-dealkylation sites (N-methyl/N-ethyl adjacent to an activating group) is 1. The van der Waals surface area contributed by atoms with Crippen molar-refractivity contribution in [3.05, 3.63) is 53.6 Å². The van der Waals surface area contributed by atoms with Crippen molar-refractivity contribution in [2.24, 2.45) is 5.73 Å². The van der Waals surface area contributed by atoms with Crippen LogP contribution in [0.15, 0.2) is 42.5 Å². The van der Waals surface area contributed by atoms with E-state index in [0.29, 0.717) is 35.5 Å². The Kier molecular flexibility index (Phi) is 7.55. The van der Waals surface area contributed by atoms with E-state index in [1.807, 2.05) is 25.1 Å². The van der Waals surface area contributed by atoms with Gasteiger partial charge >= 0.3 is 0 Å². The molecule has 0 spiro atoms. The third kappa shape index (κ3) is 5.17. The van der Waals surface area contributed by atoms with Crippen LogP contribution in [-0.4, -0.2) is 42.8 Å². The molecule has 0 radical (unpaired) electrons. The van der Waals surface area contributed by atoms with Gasteiger partial charge in [-0.15, -0.1) is 0 Å². The highest BCUT2D eigenvalue weighted by molar-refractivity contribution is 6.03. The number of nitrogens with two attached hydrogens (primary N) is 1. The second-order valence-electron chi connectivity index (χ2n) is 6.28. The number of carbonyl (C=O) groups is 2. The Hall–Kier alpha value is -2.66. The topological polar surface area (TPSA) is 72.6 Å². The van der Waals surface area contributed by atoms with Gasteiger partial charge < -0.3 is 15.4 Å². The standard InChI is InChI=1S/C22H28N2O3/c1-4-19(25)16-9-7-10-17(15-16)21-18(22(23)26)11-8-12-20(21)27-14-13-24(5-2)6-3/h7-12,15H,4-6,13-14H2,1-3H3,(H2,23,26). The first-order chi connectivity index (χ1) is 13.0. The van der Waals surface area contributed by atoms with Gasteiger partial charge in [0, 0.05) is 24.1 Å². The van der Waals surface area contributed by atoms with Gasteiger partial charge in [0.1, 0.15) is 12.4 Å². The molecule has 1 amide bonds. The van der Waals surface area contributed by atoms with E-state index in [9.17, 15) is 9.59 Å². The summed E-state index contributed by atoms with van der Waals surface area (Å²) in [5.74, 6) is 0.128. The Morgan fingerprint density at radius 2 is 1.74 bits per heavy atom. The van der Waals surface area contributed by atoms with Gasteiger partial charge in [-0.05, 0) is 36.9 Å². The zero-order valence-electron chi connectivity index (χ0n) is 16.3. The quantitative estimate of drug-likeness (QED) is 0.648. The molecule has 2 rings (SSSR count). The van der Waals surface area contributed by atoms with Crippen LogP contribution in [0.4, 0.5) is 0 Å². The van der Waals surface area contributed by atoms with Crippen molar-refractivity contribution in [3.63, 3.8) is 0 Å². The van der Waals surface area contributed by atoms with E-state index in [1.165, 1.54) is 0 Å². The third-order valence-corrected chi connectivity index (χ3v) is 4.65. The monoisotopic (exact) mass is 368 g/mol. The maximum atomic E-state index is 12.1. The Balaban J connectivity index is 2.41. The van der Waals surface area contributed by atoms with Crippen molar-refractivity contribution in [3.8, 4) is 16.9 Å². The number of ketones is 1. The molecule has 0 saturated carbocycles. The van der Waals surface area contributed by atoms with E-state index in [-0.39, 0.29) is 5.78 Å². The number of amides is 1. The van der Waals surface area contributed by atoms with E-state index in [1.54, 1.807) is 24.3 Å². The molecule has 0 saturated heterocycles. The number of carbonyl (C=O) groups excluding carboxylic acids is 2. The molecule has 5 nitrogen and oxygen atoms in total. The first-order valence-electron chi connectivity index (χ1n) is 9.43. The summed E-state index contributed by atoms with van der Waals surface area (Å²) in [4.78, 5) is 26.3. The summed E-state index contributed by atoms with van der Waals surface area (Å²) in [6, 6.07) is 12.5. The molecule has 0 unspecified atom stereocenters. The first-order valence-corrected chi connectivity index (χ1v) is 9.43. The zero-order valence-corrected chi connectivity index (χ0v) is 16.3. The van der Waals surface area contributed by atoms with Crippen LogP contribution in [0.5, 0.6) is 5.75 Å². The van der Waals surface area contributed by atoms with Crippen LogP contribution < -0.4 is 10.5 Å². The molecule has 0 aliphatic carbocycles.